The topological polar surface area (TPSA) is 59.0 Å². The van der Waals surface area contributed by atoms with Crippen LogP contribution in [0.1, 0.15) is 10.5 Å². The average molecular weight is 339 g/mol. The van der Waals surface area contributed by atoms with Crippen LogP contribution in [0.25, 0.3) is 11.1 Å². The molecule has 3 aromatic rings. The van der Waals surface area contributed by atoms with Crippen LogP contribution in [0.2, 0.25) is 5.02 Å². The largest absolute Gasteiger partial charge is 0.353 e. The molecule has 0 aliphatic carbocycles. The van der Waals surface area contributed by atoms with Gasteiger partial charge in [0.05, 0.1) is 5.69 Å². The Balaban J connectivity index is 1.86. The number of rotatable bonds is 3. The lowest BCUT2D eigenvalue weighted by Crippen LogP contribution is -2.35. The molecule has 24 heavy (non-hydrogen) atoms. The lowest BCUT2D eigenvalue weighted by molar-refractivity contribution is 0.0929. The summed E-state index contributed by atoms with van der Waals surface area (Å²) in [6.45, 7) is 1.38. The number of nitrogens with one attached hydrogen (secondary N) is 2. The molecule has 0 fully saturated rings. The van der Waals surface area contributed by atoms with Gasteiger partial charge in [-0.3, -0.25) is 9.78 Å². The summed E-state index contributed by atoms with van der Waals surface area (Å²) in [5.41, 5.74) is 4.22. The first-order valence-electron chi connectivity index (χ1n) is 7.67. The molecule has 5 nitrogen and oxygen atoms in total. The highest BCUT2D eigenvalue weighted by Crippen LogP contribution is 2.36. The lowest BCUT2D eigenvalue weighted by Gasteiger charge is -2.17. The standard InChI is InChI=1S/C18H15ClN4O/c19-13-2-1-3-14(10-13)22-16-15(12-4-6-20-7-5-12)11-23-9-8-21-18(24)17(16)23/h1-7,10-11,22H,8-9H2,(H,21,24). The van der Waals surface area contributed by atoms with E-state index in [-0.39, 0.29) is 5.91 Å². The van der Waals surface area contributed by atoms with E-state index < -0.39 is 0 Å². The van der Waals surface area contributed by atoms with Crippen LogP contribution in [-0.4, -0.2) is 22.0 Å². The van der Waals surface area contributed by atoms with Gasteiger partial charge < -0.3 is 15.2 Å². The number of anilines is 2. The Morgan fingerprint density at radius 3 is 2.83 bits per heavy atom. The van der Waals surface area contributed by atoms with Crippen LogP contribution in [0.3, 0.4) is 0 Å². The van der Waals surface area contributed by atoms with Crippen molar-refractivity contribution in [2.24, 2.45) is 0 Å². The maximum atomic E-state index is 12.4. The highest BCUT2D eigenvalue weighted by molar-refractivity contribution is 6.30. The summed E-state index contributed by atoms with van der Waals surface area (Å²) in [4.78, 5) is 16.5. The van der Waals surface area contributed by atoms with Gasteiger partial charge in [0.25, 0.3) is 5.91 Å². The fourth-order valence-corrected chi connectivity index (χ4v) is 3.13. The van der Waals surface area contributed by atoms with E-state index >= 15 is 0 Å². The second-order valence-corrected chi connectivity index (χ2v) is 6.02. The molecule has 1 amide bonds. The number of halogens is 1. The van der Waals surface area contributed by atoms with Crippen molar-refractivity contribution in [2.45, 2.75) is 6.54 Å². The predicted octanol–water partition coefficient (Wildman–Crippen LogP) is 3.69. The van der Waals surface area contributed by atoms with E-state index in [0.29, 0.717) is 17.3 Å². The van der Waals surface area contributed by atoms with Crippen LogP contribution >= 0.6 is 11.6 Å². The van der Waals surface area contributed by atoms with Crippen molar-refractivity contribution < 1.29 is 4.79 Å². The Bertz CT molecular complexity index is 905. The fourth-order valence-electron chi connectivity index (χ4n) is 2.94. The van der Waals surface area contributed by atoms with Gasteiger partial charge in [-0.15, -0.1) is 0 Å². The van der Waals surface area contributed by atoms with Crippen molar-refractivity contribution in [1.29, 1.82) is 0 Å². The van der Waals surface area contributed by atoms with Gasteiger partial charge in [0.1, 0.15) is 5.69 Å². The van der Waals surface area contributed by atoms with E-state index in [0.717, 1.165) is 29.0 Å². The number of nitrogens with zero attached hydrogens (tertiary/aromatic N) is 2. The zero-order valence-electron chi connectivity index (χ0n) is 12.8. The number of fused-ring (bicyclic) bond motifs is 1. The number of carbonyl (C=O) groups is 1. The normalized spacial score (nSPS) is 13.3. The maximum absolute atomic E-state index is 12.4. The number of aromatic nitrogens is 2. The minimum atomic E-state index is -0.0777. The molecule has 4 rings (SSSR count). The van der Waals surface area contributed by atoms with Gasteiger partial charge in [-0.05, 0) is 35.9 Å². The lowest BCUT2D eigenvalue weighted by atomic mass is 10.1. The molecule has 0 radical (unpaired) electrons. The average Bonchev–Trinajstić information content (AvgIpc) is 2.96. The van der Waals surface area contributed by atoms with Gasteiger partial charge in [0, 0.05) is 48.0 Å². The number of carbonyl (C=O) groups excluding carboxylic acids is 1. The summed E-state index contributed by atoms with van der Waals surface area (Å²) >= 11 is 6.08. The molecule has 2 N–H and O–H groups in total. The Kier molecular flexibility index (Phi) is 3.70. The first kappa shape index (κ1) is 14.8. The molecule has 120 valence electrons. The predicted molar refractivity (Wildman–Crippen MR) is 94.7 cm³/mol. The zero-order chi connectivity index (χ0) is 16.5. The first-order chi connectivity index (χ1) is 11.7. The number of pyridine rings is 1. The molecular weight excluding hydrogens is 324 g/mol. The SMILES string of the molecule is O=C1NCCn2cc(-c3ccncc3)c(Nc3cccc(Cl)c3)c21. The van der Waals surface area contributed by atoms with E-state index in [1.807, 2.05) is 47.2 Å². The van der Waals surface area contributed by atoms with Gasteiger partial charge in [-0.2, -0.15) is 0 Å². The van der Waals surface area contributed by atoms with Gasteiger partial charge in [0.2, 0.25) is 0 Å². The van der Waals surface area contributed by atoms with Crippen LogP contribution in [0.15, 0.2) is 55.0 Å². The summed E-state index contributed by atoms with van der Waals surface area (Å²) < 4.78 is 1.99. The summed E-state index contributed by atoms with van der Waals surface area (Å²) in [5.74, 6) is -0.0777. The van der Waals surface area contributed by atoms with Crippen LogP contribution < -0.4 is 10.6 Å². The number of benzene rings is 1. The van der Waals surface area contributed by atoms with E-state index in [1.165, 1.54) is 0 Å². The highest BCUT2D eigenvalue weighted by atomic mass is 35.5. The smallest absolute Gasteiger partial charge is 0.270 e. The molecular formula is C18H15ClN4O. The van der Waals surface area contributed by atoms with Crippen LogP contribution in [-0.2, 0) is 6.54 Å². The number of amides is 1. The van der Waals surface area contributed by atoms with Crippen LogP contribution in [0, 0.1) is 0 Å². The summed E-state index contributed by atoms with van der Waals surface area (Å²) in [7, 11) is 0. The first-order valence-corrected chi connectivity index (χ1v) is 8.04. The van der Waals surface area contributed by atoms with Crippen molar-refractivity contribution in [3.05, 3.63) is 65.7 Å². The monoisotopic (exact) mass is 338 g/mol. The summed E-state index contributed by atoms with van der Waals surface area (Å²) in [5, 5.41) is 6.91. The number of hydrogen-bond donors (Lipinski definition) is 2. The van der Waals surface area contributed by atoms with Gasteiger partial charge in [-0.1, -0.05) is 17.7 Å². The molecule has 1 aliphatic rings. The van der Waals surface area contributed by atoms with Gasteiger partial charge >= 0.3 is 0 Å². The van der Waals surface area contributed by atoms with Crippen molar-refractivity contribution in [2.75, 3.05) is 11.9 Å². The molecule has 1 aromatic carbocycles. The third-order valence-electron chi connectivity index (χ3n) is 4.02. The van der Waals surface area contributed by atoms with Crippen LogP contribution in [0.4, 0.5) is 11.4 Å². The molecule has 0 bridgehead atoms. The molecule has 6 heteroatoms. The van der Waals surface area contributed by atoms with Crippen molar-refractivity contribution in [1.82, 2.24) is 14.9 Å². The fraction of sp³-hybridized carbons (Fsp3) is 0.111. The molecule has 0 saturated carbocycles. The molecule has 2 aromatic heterocycles. The minimum Gasteiger partial charge on any atom is -0.353 e. The second-order valence-electron chi connectivity index (χ2n) is 5.59. The van der Waals surface area contributed by atoms with E-state index in [4.69, 9.17) is 11.6 Å². The van der Waals surface area contributed by atoms with Crippen molar-refractivity contribution >= 4 is 28.9 Å². The molecule has 3 heterocycles. The maximum Gasteiger partial charge on any atom is 0.270 e. The van der Waals surface area contributed by atoms with Gasteiger partial charge in [-0.25, -0.2) is 0 Å². The Morgan fingerprint density at radius 1 is 1.21 bits per heavy atom. The van der Waals surface area contributed by atoms with Gasteiger partial charge in [0.15, 0.2) is 0 Å². The second kappa shape index (κ2) is 6.02. The van der Waals surface area contributed by atoms with Crippen LogP contribution in [0.5, 0.6) is 0 Å². The third kappa shape index (κ3) is 2.63. The van der Waals surface area contributed by atoms with E-state index in [9.17, 15) is 4.79 Å². The minimum absolute atomic E-state index is 0.0777. The molecule has 0 unspecified atom stereocenters. The quantitative estimate of drug-likeness (QED) is 0.765. The third-order valence-corrected chi connectivity index (χ3v) is 4.25. The van der Waals surface area contributed by atoms with Crippen molar-refractivity contribution in [3.63, 3.8) is 0 Å². The molecule has 0 atom stereocenters. The van der Waals surface area contributed by atoms with E-state index in [2.05, 4.69) is 15.6 Å². The molecule has 0 spiro atoms. The van der Waals surface area contributed by atoms with Crippen molar-refractivity contribution in [3.8, 4) is 11.1 Å². The zero-order valence-corrected chi connectivity index (χ0v) is 13.5. The Morgan fingerprint density at radius 2 is 2.04 bits per heavy atom. The number of hydrogen-bond acceptors (Lipinski definition) is 3. The summed E-state index contributed by atoms with van der Waals surface area (Å²) in [6, 6.07) is 11.3. The highest BCUT2D eigenvalue weighted by Gasteiger charge is 2.25. The van der Waals surface area contributed by atoms with E-state index in [1.54, 1.807) is 12.4 Å². The molecule has 1 aliphatic heterocycles. The molecule has 0 saturated heterocycles. The Labute approximate surface area is 144 Å². The Hall–Kier alpha value is -2.79. The summed E-state index contributed by atoms with van der Waals surface area (Å²) in [6.07, 6.45) is 5.50.